The lowest BCUT2D eigenvalue weighted by molar-refractivity contribution is 0.827. The van der Waals surface area contributed by atoms with Crippen molar-refractivity contribution in [2.75, 3.05) is 0 Å². The van der Waals surface area contributed by atoms with Crippen molar-refractivity contribution < 1.29 is 0 Å². The molecule has 0 N–H and O–H groups in total. The van der Waals surface area contributed by atoms with E-state index >= 15 is 0 Å². The summed E-state index contributed by atoms with van der Waals surface area (Å²) < 4.78 is 2.41. The molecule has 25 heavy (non-hydrogen) atoms. The van der Waals surface area contributed by atoms with Crippen molar-refractivity contribution >= 4 is 21.8 Å². The summed E-state index contributed by atoms with van der Waals surface area (Å²) in [5.41, 5.74) is 8.26. The standard InChI is InChI=1S/C24H25N/c1-4-18-12-17(3)13-20(14-18)15-19-10-11-24-22(16-19)21-8-6-7-9-23(21)25(24)5-2/h6-14,16H,4-5,15H2,1-3H3. The molecule has 0 bridgehead atoms. The molecule has 1 heteroatoms. The summed E-state index contributed by atoms with van der Waals surface area (Å²) in [6, 6.07) is 22.7. The summed E-state index contributed by atoms with van der Waals surface area (Å²) in [5, 5.41) is 2.73. The number of hydrogen-bond acceptors (Lipinski definition) is 0. The van der Waals surface area contributed by atoms with Crippen LogP contribution < -0.4 is 0 Å². The Morgan fingerprint density at radius 2 is 1.48 bits per heavy atom. The van der Waals surface area contributed by atoms with Gasteiger partial charge in [0.05, 0.1) is 0 Å². The molecule has 126 valence electrons. The Hall–Kier alpha value is -2.54. The Kier molecular flexibility index (Phi) is 4.09. The largest absolute Gasteiger partial charge is 0.341 e. The monoisotopic (exact) mass is 327 g/mol. The first-order valence-corrected chi connectivity index (χ1v) is 9.29. The number of aryl methyl sites for hydroxylation is 3. The number of hydrogen-bond donors (Lipinski definition) is 0. The van der Waals surface area contributed by atoms with Crippen LogP contribution in [0.5, 0.6) is 0 Å². The molecule has 0 unspecified atom stereocenters. The predicted molar refractivity (Wildman–Crippen MR) is 108 cm³/mol. The van der Waals surface area contributed by atoms with Crippen LogP contribution in [-0.4, -0.2) is 4.57 Å². The van der Waals surface area contributed by atoms with E-state index in [-0.39, 0.29) is 0 Å². The number of fused-ring (bicyclic) bond motifs is 3. The third-order valence-corrected chi connectivity index (χ3v) is 5.17. The van der Waals surface area contributed by atoms with Crippen molar-refractivity contribution in [3.8, 4) is 0 Å². The van der Waals surface area contributed by atoms with Crippen molar-refractivity contribution in [3.63, 3.8) is 0 Å². The molecule has 3 aromatic carbocycles. The minimum Gasteiger partial charge on any atom is -0.341 e. The molecule has 4 rings (SSSR count). The van der Waals surface area contributed by atoms with E-state index in [4.69, 9.17) is 0 Å². The summed E-state index contributed by atoms with van der Waals surface area (Å²) in [6.07, 6.45) is 2.09. The lowest BCUT2D eigenvalue weighted by atomic mass is 9.98. The lowest BCUT2D eigenvalue weighted by Gasteiger charge is -2.08. The fraction of sp³-hybridized carbons (Fsp3) is 0.250. The fourth-order valence-electron chi connectivity index (χ4n) is 4.04. The first-order valence-electron chi connectivity index (χ1n) is 9.29. The molecule has 4 aromatic rings. The molecule has 1 heterocycles. The summed E-state index contributed by atoms with van der Waals surface area (Å²) in [7, 11) is 0. The Morgan fingerprint density at radius 3 is 2.28 bits per heavy atom. The van der Waals surface area contributed by atoms with E-state index in [1.54, 1.807) is 0 Å². The fourth-order valence-corrected chi connectivity index (χ4v) is 4.04. The van der Waals surface area contributed by atoms with E-state index in [9.17, 15) is 0 Å². The highest BCUT2D eigenvalue weighted by atomic mass is 15.0. The van der Waals surface area contributed by atoms with Crippen LogP contribution in [0.1, 0.15) is 36.1 Å². The van der Waals surface area contributed by atoms with Gasteiger partial charge in [-0.2, -0.15) is 0 Å². The molecule has 0 atom stereocenters. The quantitative estimate of drug-likeness (QED) is 0.416. The average Bonchev–Trinajstić information content (AvgIpc) is 2.94. The van der Waals surface area contributed by atoms with Crippen LogP contribution in [0.2, 0.25) is 0 Å². The second-order valence-electron chi connectivity index (χ2n) is 6.97. The average molecular weight is 327 g/mol. The third kappa shape index (κ3) is 2.84. The van der Waals surface area contributed by atoms with Gasteiger partial charge in [-0.3, -0.25) is 0 Å². The van der Waals surface area contributed by atoms with Gasteiger partial charge in [0.25, 0.3) is 0 Å². The number of nitrogens with zero attached hydrogens (tertiary/aromatic N) is 1. The normalized spacial score (nSPS) is 11.5. The SMILES string of the molecule is CCc1cc(C)cc(Cc2ccc3c(c2)c2ccccc2n3CC)c1. The van der Waals surface area contributed by atoms with Gasteiger partial charge in [-0.1, -0.05) is 55.0 Å². The van der Waals surface area contributed by atoms with Gasteiger partial charge in [-0.05, 0) is 61.6 Å². The minimum atomic E-state index is 0.996. The van der Waals surface area contributed by atoms with Gasteiger partial charge in [0.15, 0.2) is 0 Å². The molecule has 1 aromatic heterocycles. The van der Waals surface area contributed by atoms with Gasteiger partial charge < -0.3 is 4.57 Å². The highest BCUT2D eigenvalue weighted by Crippen LogP contribution is 2.30. The number of aromatic nitrogens is 1. The summed E-state index contributed by atoms with van der Waals surface area (Å²) >= 11 is 0. The zero-order valence-corrected chi connectivity index (χ0v) is 15.3. The summed E-state index contributed by atoms with van der Waals surface area (Å²) in [6.45, 7) is 7.64. The molecule has 1 nitrogen and oxygen atoms in total. The van der Waals surface area contributed by atoms with Gasteiger partial charge in [-0.15, -0.1) is 0 Å². The molecule has 0 aliphatic heterocycles. The van der Waals surface area contributed by atoms with Crippen LogP contribution in [0.15, 0.2) is 60.7 Å². The molecule has 0 aliphatic rings. The molecular weight excluding hydrogens is 302 g/mol. The van der Waals surface area contributed by atoms with Crippen LogP contribution in [0.25, 0.3) is 21.8 Å². The van der Waals surface area contributed by atoms with Gasteiger partial charge >= 0.3 is 0 Å². The number of rotatable bonds is 4. The molecule has 0 aliphatic carbocycles. The zero-order valence-electron chi connectivity index (χ0n) is 15.3. The van der Waals surface area contributed by atoms with E-state index in [0.29, 0.717) is 0 Å². The maximum absolute atomic E-state index is 2.41. The van der Waals surface area contributed by atoms with Crippen molar-refractivity contribution in [3.05, 3.63) is 82.9 Å². The van der Waals surface area contributed by atoms with Crippen LogP contribution in [0, 0.1) is 6.92 Å². The van der Waals surface area contributed by atoms with E-state index in [1.165, 1.54) is 44.1 Å². The molecule has 0 spiro atoms. The smallest absolute Gasteiger partial charge is 0.0491 e. The minimum absolute atomic E-state index is 0.996. The maximum atomic E-state index is 2.41. The zero-order chi connectivity index (χ0) is 17.4. The van der Waals surface area contributed by atoms with Crippen molar-refractivity contribution in [2.45, 2.75) is 40.2 Å². The Bertz CT molecular complexity index is 1050. The van der Waals surface area contributed by atoms with Crippen LogP contribution >= 0.6 is 0 Å². The molecule has 0 radical (unpaired) electrons. The van der Waals surface area contributed by atoms with Gasteiger partial charge in [0.2, 0.25) is 0 Å². The van der Waals surface area contributed by atoms with E-state index in [0.717, 1.165) is 19.4 Å². The first-order chi connectivity index (χ1) is 12.2. The summed E-state index contributed by atoms with van der Waals surface area (Å²) in [4.78, 5) is 0. The Morgan fingerprint density at radius 1 is 0.720 bits per heavy atom. The van der Waals surface area contributed by atoms with Gasteiger partial charge in [-0.25, -0.2) is 0 Å². The third-order valence-electron chi connectivity index (χ3n) is 5.17. The number of para-hydroxylation sites is 1. The molecule has 0 saturated heterocycles. The molecular formula is C24H25N. The van der Waals surface area contributed by atoms with E-state index in [1.807, 2.05) is 0 Å². The Labute approximate surface area is 149 Å². The van der Waals surface area contributed by atoms with E-state index in [2.05, 4.69) is 86.0 Å². The predicted octanol–water partition coefficient (Wildman–Crippen LogP) is 6.28. The summed E-state index contributed by atoms with van der Waals surface area (Å²) in [5.74, 6) is 0. The van der Waals surface area contributed by atoms with Crippen LogP contribution in [0.4, 0.5) is 0 Å². The lowest BCUT2D eigenvalue weighted by Crippen LogP contribution is -1.94. The second-order valence-corrected chi connectivity index (χ2v) is 6.97. The van der Waals surface area contributed by atoms with Crippen molar-refractivity contribution in [1.82, 2.24) is 4.57 Å². The Balaban J connectivity index is 1.82. The van der Waals surface area contributed by atoms with Gasteiger partial charge in [0, 0.05) is 28.4 Å². The van der Waals surface area contributed by atoms with Crippen molar-refractivity contribution in [2.24, 2.45) is 0 Å². The van der Waals surface area contributed by atoms with E-state index < -0.39 is 0 Å². The highest BCUT2D eigenvalue weighted by molar-refractivity contribution is 6.08. The first kappa shape index (κ1) is 16.0. The molecule has 0 amide bonds. The van der Waals surface area contributed by atoms with Gasteiger partial charge in [0.1, 0.15) is 0 Å². The highest BCUT2D eigenvalue weighted by Gasteiger charge is 2.10. The maximum Gasteiger partial charge on any atom is 0.0491 e. The number of benzene rings is 3. The molecule has 0 saturated carbocycles. The molecule has 0 fully saturated rings. The topological polar surface area (TPSA) is 4.93 Å². The second kappa shape index (κ2) is 6.40. The van der Waals surface area contributed by atoms with Crippen LogP contribution in [0.3, 0.4) is 0 Å². The van der Waals surface area contributed by atoms with Crippen molar-refractivity contribution in [1.29, 1.82) is 0 Å². The van der Waals surface area contributed by atoms with Crippen LogP contribution in [-0.2, 0) is 19.4 Å².